The Balaban J connectivity index is 3.10. The predicted octanol–water partition coefficient (Wildman–Crippen LogP) is 1.31. The topological polar surface area (TPSA) is 98.5 Å². The zero-order valence-electron chi connectivity index (χ0n) is 10.8. The molecule has 1 N–H and O–H groups in total. The fourth-order valence-electron chi connectivity index (χ4n) is 1.46. The van der Waals surface area contributed by atoms with Gasteiger partial charge in [0, 0.05) is 19.2 Å². The van der Waals surface area contributed by atoms with Gasteiger partial charge in [0.1, 0.15) is 5.75 Å². The average molecular weight is 266 g/mol. The summed E-state index contributed by atoms with van der Waals surface area (Å²) in [6.07, 6.45) is -0.801. The number of ketones is 1. The number of non-ortho nitro benzene ring substituents is 1. The van der Waals surface area contributed by atoms with Crippen molar-refractivity contribution in [3.63, 3.8) is 0 Å². The molecular formula is C12H14N2O5. The van der Waals surface area contributed by atoms with E-state index in [9.17, 15) is 19.7 Å². The van der Waals surface area contributed by atoms with Gasteiger partial charge in [-0.25, -0.2) is 0 Å². The molecule has 0 fully saturated rings. The Kier molecular flexibility index (Phi) is 4.57. The summed E-state index contributed by atoms with van der Waals surface area (Å²) in [4.78, 5) is 32.9. The van der Waals surface area contributed by atoms with Gasteiger partial charge in [-0.2, -0.15) is 0 Å². The van der Waals surface area contributed by atoms with Crippen LogP contribution in [0, 0.1) is 10.1 Å². The lowest BCUT2D eigenvalue weighted by atomic mass is 10.1. The first kappa shape index (κ1) is 14.6. The van der Waals surface area contributed by atoms with Gasteiger partial charge in [-0.3, -0.25) is 19.7 Å². The molecule has 0 bridgehead atoms. The van der Waals surface area contributed by atoms with E-state index in [0.717, 1.165) is 6.07 Å². The maximum absolute atomic E-state index is 11.5. The maximum Gasteiger partial charge on any atom is 0.270 e. The minimum Gasteiger partial charge on any atom is -0.480 e. The molecule has 7 heteroatoms. The molecule has 1 amide bonds. The number of hydrogen-bond acceptors (Lipinski definition) is 5. The molecule has 0 aliphatic heterocycles. The Morgan fingerprint density at radius 3 is 2.53 bits per heavy atom. The van der Waals surface area contributed by atoms with Crippen LogP contribution in [-0.2, 0) is 4.79 Å². The molecule has 0 saturated carbocycles. The third kappa shape index (κ3) is 3.51. The third-order valence-corrected chi connectivity index (χ3v) is 2.47. The molecule has 0 aromatic heterocycles. The van der Waals surface area contributed by atoms with Crippen LogP contribution in [-0.4, -0.2) is 29.8 Å². The minimum atomic E-state index is -0.801. The summed E-state index contributed by atoms with van der Waals surface area (Å²) >= 11 is 0. The quantitative estimate of drug-likeness (QED) is 0.492. The summed E-state index contributed by atoms with van der Waals surface area (Å²) in [5, 5.41) is 13.1. The van der Waals surface area contributed by atoms with Gasteiger partial charge >= 0.3 is 0 Å². The number of hydrogen-bond donors (Lipinski definition) is 1. The summed E-state index contributed by atoms with van der Waals surface area (Å²) in [6, 6.07) is 3.67. The second-order valence-corrected chi connectivity index (χ2v) is 3.87. The average Bonchev–Trinajstić information content (AvgIpc) is 2.37. The van der Waals surface area contributed by atoms with Crippen LogP contribution in [0.15, 0.2) is 18.2 Å². The normalized spacial score (nSPS) is 11.5. The first-order chi connectivity index (χ1) is 8.86. The number of nitro benzene ring substituents is 1. The molecule has 19 heavy (non-hydrogen) atoms. The highest BCUT2D eigenvalue weighted by Gasteiger charge is 2.19. The monoisotopic (exact) mass is 266 g/mol. The molecule has 1 unspecified atom stereocenters. The smallest absolute Gasteiger partial charge is 0.270 e. The van der Waals surface area contributed by atoms with Crippen molar-refractivity contribution in [1.82, 2.24) is 5.32 Å². The molecule has 1 atom stereocenters. The number of amides is 1. The van der Waals surface area contributed by atoms with Crippen molar-refractivity contribution in [3.8, 4) is 5.75 Å². The van der Waals surface area contributed by atoms with E-state index in [4.69, 9.17) is 4.74 Å². The second-order valence-electron chi connectivity index (χ2n) is 3.87. The van der Waals surface area contributed by atoms with Crippen molar-refractivity contribution < 1.29 is 19.2 Å². The number of benzene rings is 1. The van der Waals surface area contributed by atoms with Crippen molar-refractivity contribution >= 4 is 17.4 Å². The van der Waals surface area contributed by atoms with Crippen molar-refractivity contribution in [1.29, 1.82) is 0 Å². The predicted molar refractivity (Wildman–Crippen MR) is 67.3 cm³/mol. The lowest BCUT2D eigenvalue weighted by molar-refractivity contribution is -0.384. The Labute approximate surface area is 109 Å². The van der Waals surface area contributed by atoms with Gasteiger partial charge in [-0.1, -0.05) is 0 Å². The molecule has 0 heterocycles. The van der Waals surface area contributed by atoms with Crippen LogP contribution < -0.4 is 10.1 Å². The van der Waals surface area contributed by atoms with E-state index >= 15 is 0 Å². The fourth-order valence-corrected chi connectivity index (χ4v) is 1.46. The van der Waals surface area contributed by atoms with E-state index in [0.29, 0.717) is 0 Å². The maximum atomic E-state index is 11.5. The number of Topliss-reactive ketones (excluding diaryl/α,β-unsaturated/α-hetero) is 1. The lowest BCUT2D eigenvalue weighted by Crippen LogP contribution is -2.34. The van der Waals surface area contributed by atoms with E-state index in [2.05, 4.69) is 5.32 Å². The van der Waals surface area contributed by atoms with Gasteiger partial charge in [0.2, 0.25) is 0 Å². The molecule has 0 spiro atoms. The van der Waals surface area contributed by atoms with Crippen molar-refractivity contribution in [2.45, 2.75) is 20.0 Å². The molecule has 0 aliphatic rings. The molecule has 1 aromatic rings. The van der Waals surface area contributed by atoms with Crippen LogP contribution in [0.1, 0.15) is 24.2 Å². The van der Waals surface area contributed by atoms with Crippen LogP contribution in [0.4, 0.5) is 5.69 Å². The van der Waals surface area contributed by atoms with Crippen LogP contribution >= 0.6 is 0 Å². The van der Waals surface area contributed by atoms with Gasteiger partial charge in [-0.05, 0) is 19.9 Å². The van der Waals surface area contributed by atoms with Crippen LogP contribution in [0.25, 0.3) is 0 Å². The van der Waals surface area contributed by atoms with Crippen molar-refractivity contribution in [2.75, 3.05) is 7.05 Å². The molecule has 0 saturated heterocycles. The largest absolute Gasteiger partial charge is 0.480 e. The van der Waals surface area contributed by atoms with Gasteiger partial charge in [-0.15, -0.1) is 0 Å². The molecule has 1 aromatic carbocycles. The van der Waals surface area contributed by atoms with Gasteiger partial charge in [0.25, 0.3) is 11.6 Å². The first-order valence-corrected chi connectivity index (χ1v) is 5.54. The van der Waals surface area contributed by atoms with Gasteiger partial charge < -0.3 is 10.1 Å². The molecule has 7 nitrogen and oxygen atoms in total. The van der Waals surface area contributed by atoms with E-state index in [-0.39, 0.29) is 28.7 Å². The summed E-state index contributed by atoms with van der Waals surface area (Å²) < 4.78 is 5.34. The number of carbonyl (C=O) groups excluding carboxylic acids is 2. The Morgan fingerprint density at radius 1 is 1.42 bits per heavy atom. The number of carbonyl (C=O) groups is 2. The molecule has 0 radical (unpaired) electrons. The van der Waals surface area contributed by atoms with E-state index < -0.39 is 11.0 Å². The molecule has 102 valence electrons. The lowest BCUT2D eigenvalue weighted by Gasteiger charge is -2.15. The highest BCUT2D eigenvalue weighted by atomic mass is 16.6. The zero-order valence-corrected chi connectivity index (χ0v) is 10.8. The second kappa shape index (κ2) is 5.94. The van der Waals surface area contributed by atoms with Crippen molar-refractivity contribution in [3.05, 3.63) is 33.9 Å². The summed E-state index contributed by atoms with van der Waals surface area (Å²) in [6.45, 7) is 2.79. The number of nitrogens with one attached hydrogen (secondary N) is 1. The van der Waals surface area contributed by atoms with Gasteiger partial charge in [0.15, 0.2) is 11.9 Å². The van der Waals surface area contributed by atoms with Crippen LogP contribution in [0.2, 0.25) is 0 Å². The Morgan fingerprint density at radius 2 is 2.05 bits per heavy atom. The van der Waals surface area contributed by atoms with E-state index in [1.165, 1.54) is 33.0 Å². The third-order valence-electron chi connectivity index (χ3n) is 2.47. The molecule has 1 rings (SSSR count). The van der Waals surface area contributed by atoms with Crippen LogP contribution in [0.5, 0.6) is 5.75 Å². The highest BCUT2D eigenvalue weighted by molar-refractivity contribution is 5.97. The van der Waals surface area contributed by atoms with Crippen molar-refractivity contribution in [2.24, 2.45) is 0 Å². The summed E-state index contributed by atoms with van der Waals surface area (Å²) in [5.41, 5.74) is -0.130. The number of ether oxygens (including phenoxy) is 1. The first-order valence-electron chi connectivity index (χ1n) is 5.54. The molecular weight excluding hydrogens is 252 g/mol. The molecule has 0 aliphatic carbocycles. The van der Waals surface area contributed by atoms with Gasteiger partial charge in [0.05, 0.1) is 10.5 Å². The minimum absolute atomic E-state index is 0.0740. The Hall–Kier alpha value is -2.44. The number of likely N-dealkylation sites (N-methyl/N-ethyl adjacent to an activating group) is 1. The SMILES string of the molecule is CNC(=O)C(C)Oc1ccc([N+](=O)[O-])cc1C(C)=O. The zero-order chi connectivity index (χ0) is 14.6. The summed E-state index contributed by atoms with van der Waals surface area (Å²) in [7, 11) is 1.46. The van der Waals surface area contributed by atoms with Crippen LogP contribution in [0.3, 0.4) is 0 Å². The number of nitro groups is 1. The van der Waals surface area contributed by atoms with E-state index in [1.54, 1.807) is 0 Å². The standard InChI is InChI=1S/C12H14N2O5/c1-7(15)10-6-9(14(17)18)4-5-11(10)19-8(2)12(16)13-3/h4-6,8H,1-3H3,(H,13,16). The number of nitrogens with zero attached hydrogens (tertiary/aromatic N) is 1. The number of rotatable bonds is 5. The Bertz CT molecular complexity index is 527. The highest BCUT2D eigenvalue weighted by Crippen LogP contribution is 2.25. The fraction of sp³-hybridized carbons (Fsp3) is 0.333. The summed E-state index contributed by atoms with van der Waals surface area (Å²) in [5.74, 6) is -0.579. The van der Waals surface area contributed by atoms with E-state index in [1.807, 2.05) is 0 Å².